The summed E-state index contributed by atoms with van der Waals surface area (Å²) < 4.78 is 4.34. The van der Waals surface area contributed by atoms with Crippen LogP contribution in [-0.4, -0.2) is 28.4 Å². The molecule has 0 saturated carbocycles. The van der Waals surface area contributed by atoms with Crippen LogP contribution in [0.3, 0.4) is 0 Å². The van der Waals surface area contributed by atoms with Gasteiger partial charge in [-0.25, -0.2) is 4.79 Å². The van der Waals surface area contributed by atoms with Crippen molar-refractivity contribution in [3.63, 3.8) is 0 Å². The van der Waals surface area contributed by atoms with Gasteiger partial charge in [0, 0.05) is 30.9 Å². The summed E-state index contributed by atoms with van der Waals surface area (Å²) in [6.07, 6.45) is 3.09. The monoisotopic (exact) mass is 276 g/mol. The van der Waals surface area contributed by atoms with Crippen molar-refractivity contribution in [2.45, 2.75) is 19.9 Å². The molecular weight excluding hydrogens is 260 g/mol. The fourth-order valence-corrected chi connectivity index (χ4v) is 3.49. The molecule has 0 atom stereocenters. The number of rotatable bonds is 2. The van der Waals surface area contributed by atoms with Crippen molar-refractivity contribution < 1.29 is 9.90 Å². The number of anilines is 1. The summed E-state index contributed by atoms with van der Waals surface area (Å²) >= 11 is 1.73. The Kier molecular flexibility index (Phi) is 2.93. The molecule has 1 aliphatic heterocycles. The van der Waals surface area contributed by atoms with Crippen molar-refractivity contribution in [1.82, 2.24) is 4.57 Å². The molecule has 19 heavy (non-hydrogen) atoms. The molecule has 0 unspecified atom stereocenters. The molecule has 0 bridgehead atoms. The Hall–Kier alpha value is -1.62. The van der Waals surface area contributed by atoms with Gasteiger partial charge in [0.2, 0.25) is 0 Å². The molecule has 1 aromatic carbocycles. The van der Waals surface area contributed by atoms with Crippen molar-refractivity contribution in [3.05, 3.63) is 29.5 Å². The first-order chi connectivity index (χ1) is 9.11. The van der Waals surface area contributed by atoms with Crippen LogP contribution in [0.4, 0.5) is 5.69 Å². The van der Waals surface area contributed by atoms with E-state index in [1.807, 2.05) is 7.05 Å². The van der Waals surface area contributed by atoms with E-state index in [1.54, 1.807) is 24.1 Å². The standard InChI is InChI=1S/C14H16N2O2S/c1-3-9-8-16-4-5-19-15(2)12-7-10(14(17)18)6-11(9)13(12)16/h6-8H,3-5H2,1-2H3,(H,17,18). The van der Waals surface area contributed by atoms with E-state index < -0.39 is 5.97 Å². The molecule has 0 spiro atoms. The van der Waals surface area contributed by atoms with Gasteiger partial charge in [-0.1, -0.05) is 6.92 Å². The smallest absolute Gasteiger partial charge is 0.335 e. The molecule has 2 aromatic rings. The number of aryl methyl sites for hydroxylation is 2. The van der Waals surface area contributed by atoms with Crippen molar-refractivity contribution in [1.29, 1.82) is 0 Å². The Balaban J connectivity index is 2.38. The van der Waals surface area contributed by atoms with Crippen molar-refractivity contribution in [2.24, 2.45) is 0 Å². The zero-order valence-corrected chi connectivity index (χ0v) is 11.8. The highest BCUT2D eigenvalue weighted by Crippen LogP contribution is 2.37. The molecule has 0 amide bonds. The fourth-order valence-electron chi connectivity index (χ4n) is 2.66. The lowest BCUT2D eigenvalue weighted by Crippen LogP contribution is -2.08. The molecule has 0 radical (unpaired) electrons. The third-order valence-electron chi connectivity index (χ3n) is 3.62. The van der Waals surface area contributed by atoms with E-state index in [0.717, 1.165) is 35.3 Å². The van der Waals surface area contributed by atoms with Gasteiger partial charge in [0.1, 0.15) is 0 Å². The highest BCUT2D eigenvalue weighted by atomic mass is 32.2. The molecule has 5 heteroatoms. The second-order valence-electron chi connectivity index (χ2n) is 4.73. The summed E-state index contributed by atoms with van der Waals surface area (Å²) in [5, 5.41) is 10.4. The predicted octanol–water partition coefficient (Wildman–Crippen LogP) is 3.00. The van der Waals surface area contributed by atoms with Crippen molar-refractivity contribution >= 4 is 34.5 Å². The first-order valence-corrected chi connectivity index (χ1v) is 7.31. The second-order valence-corrected chi connectivity index (χ2v) is 5.94. The van der Waals surface area contributed by atoms with E-state index in [9.17, 15) is 9.90 Å². The maximum atomic E-state index is 11.3. The summed E-state index contributed by atoms with van der Waals surface area (Å²) in [6.45, 7) is 3.07. The average Bonchev–Trinajstić information content (AvgIpc) is 2.67. The number of hydrogen-bond donors (Lipinski definition) is 1. The highest BCUT2D eigenvalue weighted by molar-refractivity contribution is 8.00. The van der Waals surface area contributed by atoms with Crippen LogP contribution in [0.1, 0.15) is 22.8 Å². The van der Waals surface area contributed by atoms with Crippen LogP contribution in [0.15, 0.2) is 18.3 Å². The molecule has 0 fully saturated rings. The van der Waals surface area contributed by atoms with Crippen molar-refractivity contribution in [3.8, 4) is 0 Å². The second kappa shape index (κ2) is 4.49. The Bertz CT molecular complexity index is 663. The molecule has 3 rings (SSSR count). The van der Waals surface area contributed by atoms with Crippen LogP contribution in [0.2, 0.25) is 0 Å². The lowest BCUT2D eigenvalue weighted by atomic mass is 10.1. The van der Waals surface area contributed by atoms with E-state index in [2.05, 4.69) is 22.0 Å². The Morgan fingerprint density at radius 3 is 2.95 bits per heavy atom. The number of hydrogen-bond acceptors (Lipinski definition) is 3. The summed E-state index contributed by atoms with van der Waals surface area (Å²) in [4.78, 5) is 11.3. The maximum absolute atomic E-state index is 11.3. The number of aromatic nitrogens is 1. The zero-order valence-electron chi connectivity index (χ0n) is 11.0. The summed E-state index contributed by atoms with van der Waals surface area (Å²) in [5.74, 6) is 0.135. The van der Waals surface area contributed by atoms with Gasteiger partial charge < -0.3 is 14.0 Å². The minimum atomic E-state index is -0.865. The molecule has 1 aliphatic rings. The summed E-state index contributed by atoms with van der Waals surface area (Å²) in [6, 6.07) is 3.58. The average molecular weight is 276 g/mol. The molecule has 100 valence electrons. The normalized spacial score (nSPS) is 14.7. The number of aromatic carboxylic acids is 1. The van der Waals surface area contributed by atoms with E-state index in [0.29, 0.717) is 5.56 Å². The van der Waals surface area contributed by atoms with Crippen LogP contribution < -0.4 is 4.31 Å². The third kappa shape index (κ3) is 1.89. The van der Waals surface area contributed by atoms with Gasteiger partial charge in [0.05, 0.1) is 16.8 Å². The van der Waals surface area contributed by atoms with E-state index in [1.165, 1.54) is 5.56 Å². The van der Waals surface area contributed by atoms with Crippen LogP contribution in [0, 0.1) is 0 Å². The predicted molar refractivity (Wildman–Crippen MR) is 79.1 cm³/mol. The Morgan fingerprint density at radius 1 is 1.47 bits per heavy atom. The first kappa shape index (κ1) is 12.4. The molecule has 1 N–H and O–H groups in total. The topological polar surface area (TPSA) is 45.5 Å². The molecule has 4 nitrogen and oxygen atoms in total. The summed E-state index contributed by atoms with van der Waals surface area (Å²) in [5.41, 5.74) is 3.75. The molecular formula is C14H16N2O2S. The largest absolute Gasteiger partial charge is 0.478 e. The molecule has 0 saturated heterocycles. The van der Waals surface area contributed by atoms with Crippen LogP contribution in [0.25, 0.3) is 10.9 Å². The number of nitrogens with zero attached hydrogens (tertiary/aromatic N) is 2. The fraction of sp³-hybridized carbons (Fsp3) is 0.357. The van der Waals surface area contributed by atoms with Gasteiger partial charge in [0.25, 0.3) is 0 Å². The zero-order chi connectivity index (χ0) is 13.6. The van der Waals surface area contributed by atoms with E-state index in [-0.39, 0.29) is 0 Å². The lowest BCUT2D eigenvalue weighted by Gasteiger charge is -2.17. The lowest BCUT2D eigenvalue weighted by molar-refractivity contribution is 0.0697. The van der Waals surface area contributed by atoms with E-state index in [4.69, 9.17) is 0 Å². The van der Waals surface area contributed by atoms with Crippen LogP contribution in [-0.2, 0) is 13.0 Å². The van der Waals surface area contributed by atoms with Gasteiger partial charge in [-0.05, 0) is 36.1 Å². The molecule has 2 heterocycles. The van der Waals surface area contributed by atoms with Crippen molar-refractivity contribution in [2.75, 3.05) is 17.1 Å². The number of carbonyl (C=O) groups is 1. The van der Waals surface area contributed by atoms with Gasteiger partial charge in [-0.2, -0.15) is 0 Å². The van der Waals surface area contributed by atoms with Gasteiger partial charge in [-0.3, -0.25) is 0 Å². The quantitative estimate of drug-likeness (QED) is 0.856. The van der Waals surface area contributed by atoms with Gasteiger partial charge in [0.15, 0.2) is 0 Å². The van der Waals surface area contributed by atoms with Gasteiger partial charge in [-0.15, -0.1) is 0 Å². The van der Waals surface area contributed by atoms with Crippen LogP contribution >= 0.6 is 11.9 Å². The maximum Gasteiger partial charge on any atom is 0.335 e. The molecule has 1 aromatic heterocycles. The van der Waals surface area contributed by atoms with Crippen LogP contribution in [0.5, 0.6) is 0 Å². The highest BCUT2D eigenvalue weighted by Gasteiger charge is 2.20. The minimum Gasteiger partial charge on any atom is -0.478 e. The number of benzene rings is 1. The third-order valence-corrected chi connectivity index (χ3v) is 4.57. The molecule has 0 aliphatic carbocycles. The Morgan fingerprint density at radius 2 is 2.26 bits per heavy atom. The number of carboxylic acids is 1. The summed E-state index contributed by atoms with van der Waals surface area (Å²) in [7, 11) is 2.00. The first-order valence-electron chi connectivity index (χ1n) is 6.37. The number of carboxylic acid groups (broad SMARTS) is 1. The Labute approximate surface area is 116 Å². The van der Waals surface area contributed by atoms with Gasteiger partial charge >= 0.3 is 5.97 Å². The SMILES string of the molecule is CCc1cn2c3c(cc(C(=O)O)cc13)N(C)SCC2. The van der Waals surface area contributed by atoms with E-state index >= 15 is 0 Å². The minimum absolute atomic E-state index is 0.365.